The topological polar surface area (TPSA) is 68.5 Å². The van der Waals surface area contributed by atoms with E-state index in [1.165, 1.54) is 6.07 Å². The molecule has 0 radical (unpaired) electrons. The summed E-state index contributed by atoms with van der Waals surface area (Å²) in [5, 5.41) is 3.94. The quantitative estimate of drug-likeness (QED) is 0.811. The highest BCUT2D eigenvalue weighted by Gasteiger charge is 2.30. The van der Waals surface area contributed by atoms with Gasteiger partial charge < -0.3 is 14.2 Å². The van der Waals surface area contributed by atoms with Crippen molar-refractivity contribution in [2.45, 2.75) is 31.7 Å². The molecule has 1 aromatic carbocycles. The molecule has 6 nitrogen and oxygen atoms in total. The first-order chi connectivity index (χ1) is 11.7. The van der Waals surface area contributed by atoms with Gasteiger partial charge in [-0.15, -0.1) is 0 Å². The molecule has 24 heavy (non-hydrogen) atoms. The van der Waals surface area contributed by atoms with Crippen molar-refractivity contribution in [1.29, 1.82) is 0 Å². The molecule has 1 saturated heterocycles. The molecule has 1 atom stereocenters. The molecule has 0 N–H and O–H groups in total. The second-order valence-electron chi connectivity index (χ2n) is 5.89. The molecule has 1 amide bonds. The molecule has 0 saturated carbocycles. The van der Waals surface area contributed by atoms with Gasteiger partial charge in [-0.3, -0.25) is 4.79 Å². The minimum atomic E-state index is -0.299. The fraction of sp³-hybridized carbons (Fsp3) is 0.471. The third kappa shape index (κ3) is 3.79. The molecule has 0 bridgehead atoms. The van der Waals surface area contributed by atoms with Crippen molar-refractivity contribution in [1.82, 2.24) is 15.0 Å². The SMILES string of the molecule is COCCc1noc([C@@H]2CCC(=O)N(Cc3ccccc3F)C2)n1. The molecular weight excluding hydrogens is 313 g/mol. The molecular formula is C17H20FN3O3. The highest BCUT2D eigenvalue weighted by molar-refractivity contribution is 5.77. The van der Waals surface area contributed by atoms with Crippen molar-refractivity contribution >= 4 is 5.91 Å². The van der Waals surface area contributed by atoms with Crippen LogP contribution in [-0.2, 0) is 22.5 Å². The van der Waals surface area contributed by atoms with Crippen LogP contribution in [0.2, 0.25) is 0 Å². The van der Waals surface area contributed by atoms with Crippen LogP contribution in [0.25, 0.3) is 0 Å². The van der Waals surface area contributed by atoms with E-state index in [9.17, 15) is 9.18 Å². The van der Waals surface area contributed by atoms with Crippen molar-refractivity contribution in [3.8, 4) is 0 Å². The number of likely N-dealkylation sites (tertiary alicyclic amines) is 1. The van der Waals surface area contributed by atoms with E-state index in [0.717, 1.165) is 0 Å². The normalized spacial score (nSPS) is 18.2. The minimum absolute atomic E-state index is 0.0155. The minimum Gasteiger partial charge on any atom is -0.384 e. The Labute approximate surface area is 139 Å². The lowest BCUT2D eigenvalue weighted by atomic mass is 9.97. The van der Waals surface area contributed by atoms with Crippen LogP contribution in [0.15, 0.2) is 28.8 Å². The number of carbonyl (C=O) groups is 1. The van der Waals surface area contributed by atoms with Gasteiger partial charge in [-0.05, 0) is 12.5 Å². The molecule has 1 fully saturated rings. The molecule has 1 aliphatic heterocycles. The number of hydrogen-bond acceptors (Lipinski definition) is 5. The Morgan fingerprint density at radius 3 is 3.04 bits per heavy atom. The third-order valence-corrected chi connectivity index (χ3v) is 4.18. The molecule has 0 aliphatic carbocycles. The number of ether oxygens (including phenoxy) is 1. The van der Waals surface area contributed by atoms with Gasteiger partial charge in [-0.25, -0.2) is 4.39 Å². The van der Waals surface area contributed by atoms with E-state index >= 15 is 0 Å². The van der Waals surface area contributed by atoms with Gasteiger partial charge in [0, 0.05) is 38.6 Å². The molecule has 7 heteroatoms. The van der Waals surface area contributed by atoms with Crippen LogP contribution in [0.5, 0.6) is 0 Å². The first-order valence-corrected chi connectivity index (χ1v) is 8.00. The number of methoxy groups -OCH3 is 1. The van der Waals surface area contributed by atoms with Crippen LogP contribution in [0.3, 0.4) is 0 Å². The number of benzene rings is 1. The number of aromatic nitrogens is 2. The number of piperidine rings is 1. The van der Waals surface area contributed by atoms with Gasteiger partial charge in [0.2, 0.25) is 11.8 Å². The summed E-state index contributed by atoms with van der Waals surface area (Å²) < 4.78 is 24.2. The lowest BCUT2D eigenvalue weighted by molar-refractivity contribution is -0.134. The van der Waals surface area contributed by atoms with Crippen molar-refractivity contribution in [2.24, 2.45) is 0 Å². The largest absolute Gasteiger partial charge is 0.384 e. The zero-order valence-corrected chi connectivity index (χ0v) is 13.6. The van der Waals surface area contributed by atoms with Crippen LogP contribution in [0.1, 0.15) is 36.0 Å². The average molecular weight is 333 g/mol. The van der Waals surface area contributed by atoms with Crippen LogP contribution < -0.4 is 0 Å². The number of nitrogens with zero attached hydrogens (tertiary/aromatic N) is 3. The van der Waals surface area contributed by atoms with Gasteiger partial charge in [0.1, 0.15) is 5.82 Å². The fourth-order valence-electron chi connectivity index (χ4n) is 2.83. The van der Waals surface area contributed by atoms with Gasteiger partial charge >= 0.3 is 0 Å². The lowest BCUT2D eigenvalue weighted by Crippen LogP contribution is -2.38. The van der Waals surface area contributed by atoms with Crippen LogP contribution in [-0.4, -0.2) is 41.2 Å². The van der Waals surface area contributed by atoms with Gasteiger partial charge in [0.25, 0.3) is 0 Å². The Morgan fingerprint density at radius 2 is 2.25 bits per heavy atom. The molecule has 0 spiro atoms. The van der Waals surface area contributed by atoms with Crippen molar-refractivity contribution < 1.29 is 18.4 Å². The van der Waals surface area contributed by atoms with E-state index in [0.29, 0.717) is 49.7 Å². The number of rotatable bonds is 6. The van der Waals surface area contributed by atoms with Gasteiger partial charge in [-0.1, -0.05) is 23.4 Å². The van der Waals surface area contributed by atoms with E-state index in [4.69, 9.17) is 9.26 Å². The third-order valence-electron chi connectivity index (χ3n) is 4.18. The fourth-order valence-corrected chi connectivity index (χ4v) is 2.83. The maximum Gasteiger partial charge on any atom is 0.231 e. The molecule has 1 aliphatic rings. The average Bonchev–Trinajstić information content (AvgIpc) is 3.06. The Morgan fingerprint density at radius 1 is 1.42 bits per heavy atom. The number of carbonyl (C=O) groups excluding carboxylic acids is 1. The highest BCUT2D eigenvalue weighted by atomic mass is 19.1. The Balaban J connectivity index is 1.68. The van der Waals surface area contributed by atoms with E-state index in [-0.39, 0.29) is 24.2 Å². The summed E-state index contributed by atoms with van der Waals surface area (Å²) in [6, 6.07) is 6.51. The second-order valence-corrected chi connectivity index (χ2v) is 5.89. The maximum atomic E-state index is 13.8. The number of halogens is 1. The Bertz CT molecular complexity index is 704. The summed E-state index contributed by atoms with van der Waals surface area (Å²) in [4.78, 5) is 18.2. The Hall–Kier alpha value is -2.28. The second kappa shape index (κ2) is 7.53. The number of amides is 1. The zero-order valence-electron chi connectivity index (χ0n) is 13.6. The smallest absolute Gasteiger partial charge is 0.231 e. The van der Waals surface area contributed by atoms with Gasteiger partial charge in [0.05, 0.1) is 12.5 Å². The lowest BCUT2D eigenvalue weighted by Gasteiger charge is -2.31. The van der Waals surface area contributed by atoms with Crippen LogP contribution >= 0.6 is 0 Å². The Kier molecular flexibility index (Phi) is 5.20. The van der Waals surface area contributed by atoms with Crippen LogP contribution in [0.4, 0.5) is 4.39 Å². The van der Waals surface area contributed by atoms with Crippen molar-refractivity contribution in [3.05, 3.63) is 47.4 Å². The molecule has 2 heterocycles. The summed E-state index contributed by atoms with van der Waals surface area (Å²) in [7, 11) is 1.62. The highest BCUT2D eigenvalue weighted by Crippen LogP contribution is 2.27. The number of hydrogen-bond donors (Lipinski definition) is 0. The van der Waals surface area contributed by atoms with E-state index in [2.05, 4.69) is 10.1 Å². The predicted octanol–water partition coefficient (Wildman–Crippen LogP) is 2.30. The summed E-state index contributed by atoms with van der Waals surface area (Å²) >= 11 is 0. The van der Waals surface area contributed by atoms with Crippen molar-refractivity contribution in [3.63, 3.8) is 0 Å². The zero-order chi connectivity index (χ0) is 16.9. The first-order valence-electron chi connectivity index (χ1n) is 8.00. The predicted molar refractivity (Wildman–Crippen MR) is 83.7 cm³/mol. The summed E-state index contributed by atoms with van der Waals surface area (Å²) in [5.41, 5.74) is 0.512. The molecule has 3 rings (SSSR count). The molecule has 2 aromatic rings. The van der Waals surface area contributed by atoms with Crippen molar-refractivity contribution in [2.75, 3.05) is 20.3 Å². The first kappa shape index (κ1) is 16.6. The van der Waals surface area contributed by atoms with E-state index in [1.807, 2.05) is 0 Å². The van der Waals surface area contributed by atoms with E-state index in [1.54, 1.807) is 30.2 Å². The molecule has 0 unspecified atom stereocenters. The standard InChI is InChI=1S/C17H20FN3O3/c1-23-9-8-15-19-17(24-20-15)13-6-7-16(22)21(11-13)10-12-4-2-3-5-14(12)18/h2-5,13H,6-11H2,1H3/t13-/m1/s1. The summed E-state index contributed by atoms with van der Waals surface area (Å²) in [6.45, 7) is 1.24. The molecule has 128 valence electrons. The van der Waals surface area contributed by atoms with Gasteiger partial charge in [0.15, 0.2) is 5.82 Å². The van der Waals surface area contributed by atoms with E-state index < -0.39 is 0 Å². The van der Waals surface area contributed by atoms with Crippen LogP contribution in [0, 0.1) is 5.82 Å². The molecule has 1 aromatic heterocycles. The monoisotopic (exact) mass is 333 g/mol. The maximum absolute atomic E-state index is 13.8. The summed E-state index contributed by atoms with van der Waals surface area (Å²) in [6.07, 6.45) is 1.65. The van der Waals surface area contributed by atoms with Gasteiger partial charge in [-0.2, -0.15) is 4.98 Å². The summed E-state index contributed by atoms with van der Waals surface area (Å²) in [5.74, 6) is 0.843.